The van der Waals surface area contributed by atoms with Crippen molar-refractivity contribution >= 4 is 61.6 Å². The molecule has 2 heterocycles. The monoisotopic (exact) mass is 627 g/mol. The molecule has 2 N–H and O–H groups in total. The van der Waals surface area contributed by atoms with Crippen LogP contribution in [-0.4, -0.2) is 39.2 Å². The molecule has 3 aromatic carbocycles. The van der Waals surface area contributed by atoms with Gasteiger partial charge in [-0.3, -0.25) is 14.5 Å². The number of anilines is 1. The van der Waals surface area contributed by atoms with Crippen molar-refractivity contribution in [1.29, 1.82) is 0 Å². The molecule has 1 aromatic heterocycles. The van der Waals surface area contributed by atoms with Crippen LogP contribution in [0.5, 0.6) is 11.5 Å². The first-order valence-corrected chi connectivity index (χ1v) is 14.0. The first-order valence-electron chi connectivity index (χ1n) is 11.4. The number of Topliss-reactive ketones (excluding diaryl/α,β-unsaturated/α-hetero) is 1. The molecular formula is C27H19BrFN3O5S2. The maximum absolute atomic E-state index is 13.4. The molecule has 1 atom stereocenters. The first kappa shape index (κ1) is 26.9. The predicted molar refractivity (Wildman–Crippen MR) is 149 cm³/mol. The number of nitrogens with zero attached hydrogens (tertiary/aromatic N) is 3. The van der Waals surface area contributed by atoms with Gasteiger partial charge in [-0.25, -0.2) is 4.39 Å². The van der Waals surface area contributed by atoms with Crippen LogP contribution in [0.15, 0.2) is 81.1 Å². The summed E-state index contributed by atoms with van der Waals surface area (Å²) in [4.78, 5) is 27.9. The number of phenols is 1. The van der Waals surface area contributed by atoms with Crippen molar-refractivity contribution < 1.29 is 28.9 Å². The van der Waals surface area contributed by atoms with Crippen LogP contribution in [0, 0.1) is 5.82 Å². The molecule has 0 spiro atoms. The van der Waals surface area contributed by atoms with Crippen molar-refractivity contribution in [2.75, 3.05) is 12.0 Å². The number of halogens is 2. The second-order valence-electron chi connectivity index (χ2n) is 8.37. The molecule has 1 aliphatic heterocycles. The Bertz CT molecular complexity index is 1590. The highest BCUT2D eigenvalue weighted by atomic mass is 79.9. The van der Waals surface area contributed by atoms with Gasteiger partial charge in [0.1, 0.15) is 11.6 Å². The number of benzene rings is 3. The number of ketones is 1. The molecule has 1 amide bonds. The third kappa shape index (κ3) is 5.40. The van der Waals surface area contributed by atoms with Crippen LogP contribution >= 0.6 is 39.0 Å². The Kier molecular flexibility index (Phi) is 7.69. The van der Waals surface area contributed by atoms with Gasteiger partial charge in [-0.1, -0.05) is 69.4 Å². The van der Waals surface area contributed by atoms with Gasteiger partial charge in [-0.05, 0) is 47.5 Å². The molecular weight excluding hydrogens is 609 g/mol. The number of rotatable bonds is 7. The van der Waals surface area contributed by atoms with Gasteiger partial charge in [0.15, 0.2) is 15.8 Å². The van der Waals surface area contributed by atoms with Gasteiger partial charge >= 0.3 is 5.91 Å². The van der Waals surface area contributed by atoms with E-state index in [1.165, 1.54) is 48.0 Å². The summed E-state index contributed by atoms with van der Waals surface area (Å²) in [5.41, 5.74) is 1.51. The van der Waals surface area contributed by atoms with Crippen LogP contribution in [0.1, 0.15) is 22.7 Å². The molecule has 5 rings (SSSR count). The van der Waals surface area contributed by atoms with Crippen molar-refractivity contribution in [1.82, 2.24) is 10.2 Å². The van der Waals surface area contributed by atoms with Gasteiger partial charge in [0.2, 0.25) is 5.13 Å². The van der Waals surface area contributed by atoms with E-state index in [0.717, 1.165) is 21.4 Å². The zero-order valence-corrected chi connectivity index (χ0v) is 23.4. The van der Waals surface area contributed by atoms with Crippen LogP contribution in [0.25, 0.3) is 5.76 Å². The highest BCUT2D eigenvalue weighted by Gasteiger charge is 2.48. The summed E-state index contributed by atoms with van der Waals surface area (Å²) in [6.45, 7) is 0. The molecule has 1 aliphatic rings. The number of aromatic nitrogens is 2. The second-order valence-corrected chi connectivity index (χ2v) is 11.5. The van der Waals surface area contributed by atoms with Gasteiger partial charge in [-0.15, -0.1) is 10.2 Å². The quantitative estimate of drug-likeness (QED) is 0.0834. The largest absolute Gasteiger partial charge is 0.507 e. The fraction of sp³-hybridized carbons (Fsp3) is 0.111. The van der Waals surface area contributed by atoms with Crippen LogP contribution < -0.4 is 9.64 Å². The van der Waals surface area contributed by atoms with Crippen molar-refractivity contribution in [2.24, 2.45) is 0 Å². The Morgan fingerprint density at radius 1 is 1.10 bits per heavy atom. The Morgan fingerprint density at radius 2 is 1.82 bits per heavy atom. The molecule has 1 saturated heterocycles. The van der Waals surface area contributed by atoms with E-state index in [4.69, 9.17) is 4.74 Å². The summed E-state index contributed by atoms with van der Waals surface area (Å²) >= 11 is 5.81. The van der Waals surface area contributed by atoms with Crippen LogP contribution in [0.2, 0.25) is 0 Å². The smallest absolute Gasteiger partial charge is 0.301 e. The lowest BCUT2D eigenvalue weighted by Crippen LogP contribution is -2.29. The topological polar surface area (TPSA) is 113 Å². The average molecular weight is 629 g/mol. The molecule has 198 valence electrons. The number of thioether (sulfide) groups is 1. The van der Waals surface area contributed by atoms with Gasteiger partial charge < -0.3 is 14.9 Å². The normalized spacial score (nSPS) is 16.6. The number of phenolic OH excluding ortho intramolecular Hbond substituents is 1. The number of methoxy groups -OCH3 is 1. The molecule has 4 aromatic rings. The standard InChI is InChI=1S/C27H19BrFN3O5S2/c1-37-20-12-16(6-11-19(20)33)22-21(23(34)15-4-7-17(28)8-5-15)24(35)25(36)32(22)26-30-31-27(39-26)38-13-14-2-9-18(29)10-3-14/h2-12,22,33-34H,13H2,1H3/b23-21-. The van der Waals surface area contributed by atoms with E-state index in [1.807, 2.05) is 0 Å². The van der Waals surface area contributed by atoms with E-state index in [0.29, 0.717) is 21.2 Å². The molecule has 0 aliphatic carbocycles. The van der Waals surface area contributed by atoms with Gasteiger partial charge in [0.05, 0.1) is 18.7 Å². The Hall–Kier alpha value is -3.74. The molecule has 0 saturated carbocycles. The second kappa shape index (κ2) is 11.2. The minimum absolute atomic E-state index is 0.124. The Balaban J connectivity index is 1.56. The van der Waals surface area contributed by atoms with Gasteiger partial charge in [0, 0.05) is 15.8 Å². The molecule has 12 heteroatoms. The zero-order valence-electron chi connectivity index (χ0n) is 20.2. The van der Waals surface area contributed by atoms with E-state index < -0.39 is 17.7 Å². The maximum Gasteiger partial charge on any atom is 0.301 e. The molecule has 0 radical (unpaired) electrons. The summed E-state index contributed by atoms with van der Waals surface area (Å²) in [5, 5.41) is 29.9. The number of hydrogen-bond acceptors (Lipinski definition) is 9. The number of carbonyl (C=O) groups is 2. The molecule has 39 heavy (non-hydrogen) atoms. The third-order valence-corrected chi connectivity index (χ3v) is 8.61. The fourth-order valence-electron chi connectivity index (χ4n) is 4.06. The van der Waals surface area contributed by atoms with Crippen LogP contribution in [0.4, 0.5) is 9.52 Å². The SMILES string of the molecule is COc1cc(C2/C(=C(/O)c3ccc(Br)cc3)C(=O)C(=O)N2c2nnc(SCc3ccc(F)cc3)s2)ccc1O. The predicted octanol–water partition coefficient (Wildman–Crippen LogP) is 6.07. The highest BCUT2D eigenvalue weighted by molar-refractivity contribution is 9.10. The summed E-state index contributed by atoms with van der Waals surface area (Å²) in [6.07, 6.45) is 0. The molecule has 8 nitrogen and oxygen atoms in total. The summed E-state index contributed by atoms with van der Waals surface area (Å²) in [6, 6.07) is 16.1. The molecule has 0 bridgehead atoms. The molecule has 1 unspecified atom stereocenters. The van der Waals surface area contributed by atoms with Crippen molar-refractivity contribution in [3.05, 3.63) is 99.3 Å². The summed E-state index contributed by atoms with van der Waals surface area (Å²) in [7, 11) is 1.38. The number of amides is 1. The van der Waals surface area contributed by atoms with E-state index in [-0.39, 0.29) is 33.8 Å². The summed E-state index contributed by atoms with van der Waals surface area (Å²) < 4.78 is 19.8. The Labute approximate surface area is 238 Å². The maximum atomic E-state index is 13.4. The lowest BCUT2D eigenvalue weighted by atomic mass is 9.95. The number of carbonyl (C=O) groups excluding carboxylic acids is 2. The van der Waals surface area contributed by atoms with Crippen LogP contribution in [0.3, 0.4) is 0 Å². The Morgan fingerprint density at radius 3 is 2.51 bits per heavy atom. The fourth-order valence-corrected chi connectivity index (χ4v) is 6.14. The zero-order chi connectivity index (χ0) is 27.7. The van der Waals surface area contributed by atoms with E-state index in [1.54, 1.807) is 42.5 Å². The minimum atomic E-state index is -1.06. The number of ether oxygens (including phenoxy) is 1. The van der Waals surface area contributed by atoms with Crippen molar-refractivity contribution in [2.45, 2.75) is 16.1 Å². The average Bonchev–Trinajstić information content (AvgIpc) is 3.50. The minimum Gasteiger partial charge on any atom is -0.507 e. The van der Waals surface area contributed by atoms with Crippen molar-refractivity contribution in [3.8, 4) is 11.5 Å². The lowest BCUT2D eigenvalue weighted by Gasteiger charge is -2.23. The van der Waals surface area contributed by atoms with Crippen LogP contribution in [-0.2, 0) is 15.3 Å². The van der Waals surface area contributed by atoms with Gasteiger partial charge in [0.25, 0.3) is 5.78 Å². The van der Waals surface area contributed by atoms with E-state index >= 15 is 0 Å². The lowest BCUT2D eigenvalue weighted by molar-refractivity contribution is -0.132. The third-order valence-electron chi connectivity index (χ3n) is 5.96. The van der Waals surface area contributed by atoms with Crippen molar-refractivity contribution in [3.63, 3.8) is 0 Å². The molecule has 1 fully saturated rings. The number of aliphatic hydroxyl groups is 1. The van der Waals surface area contributed by atoms with Gasteiger partial charge in [-0.2, -0.15) is 0 Å². The van der Waals surface area contributed by atoms with E-state index in [9.17, 15) is 24.2 Å². The highest BCUT2D eigenvalue weighted by Crippen LogP contribution is 2.45. The number of aromatic hydroxyl groups is 1. The number of aliphatic hydroxyl groups excluding tert-OH is 1. The van der Waals surface area contributed by atoms with E-state index in [2.05, 4.69) is 26.1 Å². The summed E-state index contributed by atoms with van der Waals surface area (Å²) in [5.74, 6) is -1.94. The first-order chi connectivity index (χ1) is 18.8. The number of hydrogen-bond donors (Lipinski definition) is 2.